The minimum atomic E-state index is -4.77. The number of hydrogen-bond donors (Lipinski definition) is 2. The second-order valence-corrected chi connectivity index (χ2v) is 4.86. The first-order valence-corrected chi connectivity index (χ1v) is 5.99. The molecular formula is C11H19F3N2O2. The fraction of sp³-hybridized carbons (Fsp3) is 0.909. The van der Waals surface area contributed by atoms with Crippen molar-refractivity contribution >= 4 is 5.91 Å². The quantitative estimate of drug-likeness (QED) is 0.803. The lowest BCUT2D eigenvalue weighted by Gasteiger charge is -2.40. The fourth-order valence-electron chi connectivity index (χ4n) is 2.14. The van der Waals surface area contributed by atoms with Gasteiger partial charge in [-0.15, -0.1) is 0 Å². The highest BCUT2D eigenvalue weighted by atomic mass is 19.4. The standard InChI is InChI=1S/C11H19F3N2O2/c1-10(15,11(12,13)14)9(18)16-6-3-2-4-8(16)5-7-17/h8,17H,2-7,15H2,1H3. The van der Waals surface area contributed by atoms with Crippen molar-refractivity contribution in [1.29, 1.82) is 0 Å². The summed E-state index contributed by atoms with van der Waals surface area (Å²) in [6.07, 6.45) is -2.35. The fourth-order valence-corrected chi connectivity index (χ4v) is 2.14. The normalized spacial score (nSPS) is 24.8. The number of aliphatic hydroxyl groups is 1. The summed E-state index contributed by atoms with van der Waals surface area (Å²) in [5.74, 6) is -1.10. The molecular weight excluding hydrogens is 249 g/mol. The molecule has 0 spiro atoms. The smallest absolute Gasteiger partial charge is 0.396 e. The van der Waals surface area contributed by atoms with Crippen molar-refractivity contribution in [3.8, 4) is 0 Å². The minimum Gasteiger partial charge on any atom is -0.396 e. The van der Waals surface area contributed by atoms with Crippen molar-refractivity contribution < 1.29 is 23.1 Å². The molecule has 18 heavy (non-hydrogen) atoms. The molecule has 0 saturated carbocycles. The number of rotatable bonds is 3. The summed E-state index contributed by atoms with van der Waals surface area (Å²) in [7, 11) is 0. The molecule has 1 heterocycles. The summed E-state index contributed by atoms with van der Waals surface area (Å²) in [6, 6.07) is -0.346. The van der Waals surface area contributed by atoms with Crippen LogP contribution in [0.2, 0.25) is 0 Å². The van der Waals surface area contributed by atoms with Crippen molar-refractivity contribution in [2.75, 3.05) is 13.2 Å². The van der Waals surface area contributed by atoms with Gasteiger partial charge in [0.2, 0.25) is 0 Å². The summed E-state index contributed by atoms with van der Waals surface area (Å²) in [4.78, 5) is 13.1. The van der Waals surface area contributed by atoms with E-state index in [1.165, 1.54) is 4.90 Å². The SMILES string of the molecule is CC(N)(C(=O)N1CCCCC1CCO)C(F)(F)F. The summed E-state index contributed by atoms with van der Waals surface area (Å²) < 4.78 is 38.2. The molecule has 0 bridgehead atoms. The van der Waals surface area contributed by atoms with Gasteiger partial charge >= 0.3 is 6.18 Å². The average molecular weight is 268 g/mol. The van der Waals surface area contributed by atoms with E-state index >= 15 is 0 Å². The van der Waals surface area contributed by atoms with E-state index in [4.69, 9.17) is 10.8 Å². The van der Waals surface area contributed by atoms with Crippen LogP contribution in [0.15, 0.2) is 0 Å². The first kappa shape index (κ1) is 15.2. The number of hydrogen-bond acceptors (Lipinski definition) is 3. The van der Waals surface area contributed by atoms with Crippen LogP contribution >= 0.6 is 0 Å². The topological polar surface area (TPSA) is 66.6 Å². The third-order valence-corrected chi connectivity index (χ3v) is 3.38. The number of amides is 1. The molecule has 3 N–H and O–H groups in total. The van der Waals surface area contributed by atoms with Gasteiger partial charge in [-0.3, -0.25) is 4.79 Å². The number of carbonyl (C=O) groups excluding carboxylic acids is 1. The Morgan fingerprint density at radius 3 is 2.56 bits per heavy atom. The second kappa shape index (κ2) is 5.44. The van der Waals surface area contributed by atoms with Crippen LogP contribution in [0.3, 0.4) is 0 Å². The number of carbonyl (C=O) groups is 1. The van der Waals surface area contributed by atoms with Crippen LogP contribution in [0.25, 0.3) is 0 Å². The Kier molecular flexibility index (Phi) is 4.61. The lowest BCUT2D eigenvalue weighted by Crippen LogP contribution is -2.64. The number of piperidine rings is 1. The summed E-state index contributed by atoms with van der Waals surface area (Å²) in [5.41, 5.74) is 2.28. The molecule has 1 aliphatic heterocycles. The van der Waals surface area contributed by atoms with Gasteiger partial charge in [-0.1, -0.05) is 0 Å². The third kappa shape index (κ3) is 2.95. The van der Waals surface area contributed by atoms with Gasteiger partial charge in [0.1, 0.15) is 0 Å². The highest BCUT2D eigenvalue weighted by molar-refractivity contribution is 5.87. The lowest BCUT2D eigenvalue weighted by atomic mass is 9.94. The van der Waals surface area contributed by atoms with Crippen LogP contribution in [0.1, 0.15) is 32.6 Å². The molecule has 1 rings (SSSR count). The predicted molar refractivity (Wildman–Crippen MR) is 59.7 cm³/mol. The highest BCUT2D eigenvalue weighted by Crippen LogP contribution is 2.32. The van der Waals surface area contributed by atoms with Crippen LogP contribution in [0.5, 0.6) is 0 Å². The van der Waals surface area contributed by atoms with E-state index in [1.807, 2.05) is 0 Å². The molecule has 7 heteroatoms. The maximum atomic E-state index is 12.7. The van der Waals surface area contributed by atoms with Crippen LogP contribution in [0.4, 0.5) is 13.2 Å². The molecule has 106 valence electrons. The van der Waals surface area contributed by atoms with Crippen molar-refractivity contribution in [3.05, 3.63) is 0 Å². The molecule has 0 aromatic rings. The van der Waals surface area contributed by atoms with Gasteiger partial charge in [0.15, 0.2) is 5.54 Å². The zero-order valence-corrected chi connectivity index (χ0v) is 10.3. The highest BCUT2D eigenvalue weighted by Gasteiger charge is 2.56. The monoisotopic (exact) mass is 268 g/mol. The van der Waals surface area contributed by atoms with Gasteiger partial charge in [0.05, 0.1) is 0 Å². The maximum Gasteiger partial charge on any atom is 0.415 e. The van der Waals surface area contributed by atoms with Crippen molar-refractivity contribution in [2.45, 2.75) is 50.4 Å². The Hall–Kier alpha value is -0.820. The van der Waals surface area contributed by atoms with Gasteiger partial charge in [0.25, 0.3) is 5.91 Å². The number of nitrogens with two attached hydrogens (primary N) is 1. The number of halogens is 3. The summed E-state index contributed by atoms with van der Waals surface area (Å²) >= 11 is 0. The van der Waals surface area contributed by atoms with E-state index in [1.54, 1.807) is 0 Å². The maximum absolute atomic E-state index is 12.7. The Balaban J connectivity index is 2.86. The Morgan fingerprint density at radius 1 is 1.44 bits per heavy atom. The number of aliphatic hydroxyl groups excluding tert-OH is 1. The molecule has 2 unspecified atom stereocenters. The first-order valence-electron chi connectivity index (χ1n) is 5.99. The zero-order valence-electron chi connectivity index (χ0n) is 10.3. The number of likely N-dealkylation sites (tertiary alicyclic amines) is 1. The number of nitrogens with zero attached hydrogens (tertiary/aromatic N) is 1. The molecule has 2 atom stereocenters. The lowest BCUT2D eigenvalue weighted by molar-refractivity contribution is -0.195. The first-order chi connectivity index (χ1) is 8.21. The minimum absolute atomic E-state index is 0.151. The van der Waals surface area contributed by atoms with Crippen molar-refractivity contribution in [3.63, 3.8) is 0 Å². The Bertz CT molecular complexity index is 303. The van der Waals surface area contributed by atoms with E-state index in [9.17, 15) is 18.0 Å². The molecule has 1 amide bonds. The average Bonchev–Trinajstić information content (AvgIpc) is 2.28. The van der Waals surface area contributed by atoms with Gasteiger partial charge < -0.3 is 15.7 Å². The molecule has 1 fully saturated rings. The van der Waals surface area contributed by atoms with Gasteiger partial charge in [-0.25, -0.2) is 0 Å². The molecule has 4 nitrogen and oxygen atoms in total. The molecule has 1 saturated heterocycles. The third-order valence-electron chi connectivity index (χ3n) is 3.38. The molecule has 0 aromatic heterocycles. The molecule has 0 aliphatic carbocycles. The van der Waals surface area contributed by atoms with Crippen molar-refractivity contribution in [1.82, 2.24) is 4.90 Å². The predicted octanol–water partition coefficient (Wildman–Crippen LogP) is 1.03. The molecule has 0 aromatic carbocycles. The summed E-state index contributed by atoms with van der Waals surface area (Å²) in [5, 5.41) is 8.89. The van der Waals surface area contributed by atoms with E-state index in [0.29, 0.717) is 26.2 Å². The Labute approximate surface area is 104 Å². The second-order valence-electron chi connectivity index (χ2n) is 4.86. The van der Waals surface area contributed by atoms with Gasteiger partial charge in [-0.2, -0.15) is 13.2 Å². The molecule has 0 radical (unpaired) electrons. The van der Waals surface area contributed by atoms with E-state index in [-0.39, 0.29) is 19.2 Å². The number of alkyl halides is 3. The van der Waals surface area contributed by atoms with E-state index < -0.39 is 17.6 Å². The molecule has 1 aliphatic rings. The van der Waals surface area contributed by atoms with Crippen molar-refractivity contribution in [2.24, 2.45) is 5.73 Å². The Morgan fingerprint density at radius 2 is 2.06 bits per heavy atom. The summed E-state index contributed by atoms with van der Waals surface area (Å²) in [6.45, 7) is 0.814. The van der Waals surface area contributed by atoms with Gasteiger partial charge in [0, 0.05) is 19.2 Å². The van der Waals surface area contributed by atoms with Gasteiger partial charge in [-0.05, 0) is 32.6 Å². The largest absolute Gasteiger partial charge is 0.415 e. The van der Waals surface area contributed by atoms with Crippen LogP contribution < -0.4 is 5.73 Å². The van der Waals surface area contributed by atoms with Crippen LogP contribution in [-0.2, 0) is 4.79 Å². The van der Waals surface area contributed by atoms with Crippen LogP contribution in [0, 0.1) is 0 Å². The van der Waals surface area contributed by atoms with E-state index in [0.717, 1.165) is 6.42 Å². The van der Waals surface area contributed by atoms with Crippen LogP contribution in [-0.4, -0.2) is 46.8 Å². The van der Waals surface area contributed by atoms with E-state index in [2.05, 4.69) is 0 Å². The zero-order chi connectivity index (χ0) is 14.0.